The Bertz CT molecular complexity index is 1190. The van der Waals surface area contributed by atoms with Gasteiger partial charge >= 0.3 is 0 Å². The zero-order chi connectivity index (χ0) is 22.1. The largest absolute Gasteiger partial charge is 0.497 e. The number of sulfone groups is 1. The number of aromatic nitrogens is 2. The van der Waals surface area contributed by atoms with Crippen molar-refractivity contribution in [1.82, 2.24) is 14.9 Å². The summed E-state index contributed by atoms with van der Waals surface area (Å²) in [6.45, 7) is 0.0171. The van der Waals surface area contributed by atoms with Crippen molar-refractivity contribution >= 4 is 26.8 Å². The number of methoxy groups -OCH3 is 1. The highest BCUT2D eigenvalue weighted by Gasteiger charge is 2.37. The molecule has 4 rings (SSSR count). The Morgan fingerprint density at radius 1 is 1.13 bits per heavy atom. The van der Waals surface area contributed by atoms with E-state index >= 15 is 0 Å². The lowest BCUT2D eigenvalue weighted by molar-refractivity contribution is -0.123. The van der Waals surface area contributed by atoms with E-state index in [1.54, 1.807) is 11.7 Å². The number of imidazole rings is 1. The summed E-state index contributed by atoms with van der Waals surface area (Å²) in [7, 11) is -1.66. The van der Waals surface area contributed by atoms with Crippen molar-refractivity contribution in [2.75, 3.05) is 13.4 Å². The SMILES string of the molecule is COc1ccc(C2(NC(=O)Cn3c(CS(C)(=O)=O)nc4ccccc43)CCCC2)cc1. The average molecular weight is 442 g/mol. The molecule has 1 N–H and O–H groups in total. The maximum Gasteiger partial charge on any atom is 0.240 e. The Hall–Kier alpha value is -2.87. The third-order valence-electron chi connectivity index (χ3n) is 5.91. The monoisotopic (exact) mass is 441 g/mol. The number of hydrogen-bond acceptors (Lipinski definition) is 5. The van der Waals surface area contributed by atoms with Crippen molar-refractivity contribution in [3.63, 3.8) is 0 Å². The van der Waals surface area contributed by atoms with Crippen LogP contribution in [0.1, 0.15) is 37.1 Å². The Kier molecular flexibility index (Phi) is 5.75. The number of nitrogens with zero attached hydrogens (tertiary/aromatic N) is 2. The van der Waals surface area contributed by atoms with Gasteiger partial charge in [-0.3, -0.25) is 4.79 Å². The van der Waals surface area contributed by atoms with Gasteiger partial charge in [-0.2, -0.15) is 0 Å². The fourth-order valence-corrected chi connectivity index (χ4v) is 5.16. The first-order chi connectivity index (χ1) is 14.8. The molecule has 7 nitrogen and oxygen atoms in total. The van der Waals surface area contributed by atoms with E-state index in [1.807, 2.05) is 48.5 Å². The molecule has 0 radical (unpaired) electrons. The van der Waals surface area contributed by atoms with Crippen LogP contribution in [0.3, 0.4) is 0 Å². The minimum absolute atomic E-state index is 0.0171. The molecule has 1 aromatic heterocycles. The molecule has 1 heterocycles. The molecule has 2 aromatic carbocycles. The van der Waals surface area contributed by atoms with E-state index in [0.29, 0.717) is 11.3 Å². The highest BCUT2D eigenvalue weighted by Crippen LogP contribution is 2.39. The van der Waals surface area contributed by atoms with E-state index in [0.717, 1.165) is 42.5 Å². The summed E-state index contributed by atoms with van der Waals surface area (Å²) in [6, 6.07) is 15.2. The van der Waals surface area contributed by atoms with Gasteiger partial charge in [-0.15, -0.1) is 0 Å². The topological polar surface area (TPSA) is 90.3 Å². The minimum Gasteiger partial charge on any atom is -0.497 e. The van der Waals surface area contributed by atoms with Crippen molar-refractivity contribution in [2.24, 2.45) is 0 Å². The smallest absolute Gasteiger partial charge is 0.240 e. The predicted molar refractivity (Wildman–Crippen MR) is 120 cm³/mol. The third kappa shape index (κ3) is 4.58. The maximum atomic E-state index is 13.2. The van der Waals surface area contributed by atoms with Crippen molar-refractivity contribution in [3.05, 3.63) is 59.9 Å². The lowest BCUT2D eigenvalue weighted by atomic mass is 9.88. The van der Waals surface area contributed by atoms with Crippen molar-refractivity contribution in [1.29, 1.82) is 0 Å². The highest BCUT2D eigenvalue weighted by molar-refractivity contribution is 7.89. The molecule has 1 amide bonds. The van der Waals surface area contributed by atoms with E-state index in [2.05, 4.69) is 10.3 Å². The molecule has 8 heteroatoms. The van der Waals surface area contributed by atoms with Crippen LogP contribution in [-0.4, -0.2) is 37.2 Å². The number of para-hydroxylation sites is 2. The molecule has 31 heavy (non-hydrogen) atoms. The van der Waals surface area contributed by atoms with Crippen LogP contribution >= 0.6 is 0 Å². The number of rotatable bonds is 7. The lowest BCUT2D eigenvalue weighted by Gasteiger charge is -2.31. The molecule has 0 unspecified atom stereocenters. The van der Waals surface area contributed by atoms with Crippen LogP contribution in [0.25, 0.3) is 11.0 Å². The average Bonchev–Trinajstić information content (AvgIpc) is 3.33. The Labute approximate surface area is 182 Å². The van der Waals surface area contributed by atoms with E-state index in [4.69, 9.17) is 4.74 Å². The molecule has 1 aliphatic carbocycles. The third-order valence-corrected chi connectivity index (χ3v) is 6.69. The van der Waals surface area contributed by atoms with Crippen LogP contribution in [0.2, 0.25) is 0 Å². The molecule has 1 fully saturated rings. The van der Waals surface area contributed by atoms with Gasteiger partial charge in [0.25, 0.3) is 0 Å². The van der Waals surface area contributed by atoms with Gasteiger partial charge in [0.15, 0.2) is 9.84 Å². The van der Waals surface area contributed by atoms with E-state index < -0.39 is 15.4 Å². The summed E-state index contributed by atoms with van der Waals surface area (Å²) in [4.78, 5) is 17.7. The van der Waals surface area contributed by atoms with E-state index in [-0.39, 0.29) is 18.2 Å². The molecule has 3 aromatic rings. The van der Waals surface area contributed by atoms with Crippen LogP contribution in [0.15, 0.2) is 48.5 Å². The van der Waals surface area contributed by atoms with Gasteiger partial charge in [0.1, 0.15) is 23.9 Å². The highest BCUT2D eigenvalue weighted by atomic mass is 32.2. The number of carbonyl (C=O) groups excluding carboxylic acids is 1. The van der Waals surface area contributed by atoms with Crippen molar-refractivity contribution in [2.45, 2.75) is 43.5 Å². The van der Waals surface area contributed by atoms with Gasteiger partial charge in [-0.25, -0.2) is 13.4 Å². The molecular weight excluding hydrogens is 414 g/mol. The van der Waals surface area contributed by atoms with Gasteiger partial charge < -0.3 is 14.6 Å². The standard InChI is InChI=1S/C23H27N3O4S/c1-30-18-11-9-17(10-12-18)23(13-5-6-14-23)25-22(27)15-26-20-8-4-3-7-19(20)24-21(26)16-31(2,28)29/h3-4,7-12H,5-6,13-16H2,1-2H3,(H,25,27). The molecule has 164 valence electrons. The summed E-state index contributed by atoms with van der Waals surface area (Å²) in [5.74, 6) is 0.788. The van der Waals surface area contributed by atoms with Gasteiger partial charge in [-0.1, -0.05) is 37.1 Å². The number of amides is 1. The van der Waals surface area contributed by atoms with Crippen molar-refractivity contribution in [3.8, 4) is 5.75 Å². The second kappa shape index (κ2) is 8.34. The number of ether oxygens (including phenoxy) is 1. The second-order valence-corrected chi connectivity index (χ2v) is 10.4. The van der Waals surface area contributed by atoms with E-state index in [9.17, 15) is 13.2 Å². The molecule has 0 saturated heterocycles. The molecule has 0 spiro atoms. The van der Waals surface area contributed by atoms with Gasteiger partial charge in [0.05, 0.1) is 23.7 Å². The fourth-order valence-electron chi connectivity index (χ4n) is 4.47. The van der Waals surface area contributed by atoms with Gasteiger partial charge in [0.2, 0.25) is 5.91 Å². The van der Waals surface area contributed by atoms with Crippen molar-refractivity contribution < 1.29 is 17.9 Å². The summed E-state index contributed by atoms with van der Waals surface area (Å²) < 4.78 is 30.8. The Morgan fingerprint density at radius 3 is 2.45 bits per heavy atom. The van der Waals surface area contributed by atoms with E-state index in [1.165, 1.54) is 6.26 Å². The van der Waals surface area contributed by atoms with Crippen LogP contribution < -0.4 is 10.1 Å². The number of carbonyl (C=O) groups is 1. The summed E-state index contributed by atoms with van der Waals surface area (Å²) in [6.07, 6.45) is 4.99. The zero-order valence-corrected chi connectivity index (χ0v) is 18.6. The first-order valence-corrected chi connectivity index (χ1v) is 12.4. The quantitative estimate of drug-likeness (QED) is 0.608. The first kappa shape index (κ1) is 21.4. The molecular formula is C23H27N3O4S. The Balaban J connectivity index is 1.63. The van der Waals surface area contributed by atoms with Gasteiger partial charge in [-0.05, 0) is 42.7 Å². The fraction of sp³-hybridized carbons (Fsp3) is 0.391. The molecule has 0 atom stereocenters. The first-order valence-electron chi connectivity index (χ1n) is 10.4. The Morgan fingerprint density at radius 2 is 1.81 bits per heavy atom. The molecule has 1 saturated carbocycles. The number of hydrogen-bond donors (Lipinski definition) is 1. The molecule has 0 bridgehead atoms. The molecule has 0 aliphatic heterocycles. The normalized spacial score (nSPS) is 15.8. The van der Waals surface area contributed by atoms with Crippen LogP contribution in [-0.2, 0) is 32.5 Å². The summed E-state index contributed by atoms with van der Waals surface area (Å²) in [5.41, 5.74) is 2.07. The van der Waals surface area contributed by atoms with Gasteiger partial charge in [0, 0.05) is 6.26 Å². The number of nitrogens with one attached hydrogen (secondary N) is 1. The summed E-state index contributed by atoms with van der Waals surface area (Å²) in [5, 5.41) is 3.26. The van der Waals surface area contributed by atoms with Crippen LogP contribution in [0, 0.1) is 0 Å². The minimum atomic E-state index is -3.29. The number of benzene rings is 2. The second-order valence-electron chi connectivity index (χ2n) is 8.24. The van der Waals surface area contributed by atoms with Crippen LogP contribution in [0.5, 0.6) is 5.75 Å². The lowest BCUT2D eigenvalue weighted by Crippen LogP contribution is -2.45. The number of fused-ring (bicyclic) bond motifs is 1. The van der Waals surface area contributed by atoms with Crippen LogP contribution in [0.4, 0.5) is 0 Å². The molecule has 1 aliphatic rings. The maximum absolute atomic E-state index is 13.2. The predicted octanol–water partition coefficient (Wildman–Crippen LogP) is 3.18. The summed E-state index contributed by atoms with van der Waals surface area (Å²) >= 11 is 0. The zero-order valence-electron chi connectivity index (χ0n) is 17.8.